The molecular formula is C29H25N3O8S. The van der Waals surface area contributed by atoms with Crippen molar-refractivity contribution >= 4 is 29.1 Å². The summed E-state index contributed by atoms with van der Waals surface area (Å²) in [6.07, 6.45) is 1.57. The van der Waals surface area contributed by atoms with Crippen molar-refractivity contribution in [2.45, 2.75) is 19.9 Å². The third-order valence-electron chi connectivity index (χ3n) is 6.51. The average Bonchev–Trinajstić information content (AvgIpc) is 3.56. The number of methoxy groups -OCH3 is 2. The molecule has 4 aromatic rings. The summed E-state index contributed by atoms with van der Waals surface area (Å²) in [5.41, 5.74) is 1.19. The summed E-state index contributed by atoms with van der Waals surface area (Å²) in [4.78, 5) is 42.7. The minimum Gasteiger partial charge on any atom is -0.496 e. The minimum absolute atomic E-state index is 0.115. The molecule has 1 aliphatic rings. The highest BCUT2D eigenvalue weighted by Crippen LogP contribution is 2.36. The molecule has 3 heterocycles. The molecule has 1 atom stereocenters. The van der Waals surface area contributed by atoms with Crippen LogP contribution < -0.4 is 24.4 Å². The Morgan fingerprint density at radius 3 is 2.61 bits per heavy atom. The Balaban J connectivity index is 1.65. The van der Waals surface area contributed by atoms with E-state index < -0.39 is 16.9 Å². The molecule has 0 spiro atoms. The molecule has 12 heteroatoms. The fourth-order valence-corrected chi connectivity index (χ4v) is 5.71. The van der Waals surface area contributed by atoms with Gasteiger partial charge in [0.2, 0.25) is 0 Å². The summed E-state index contributed by atoms with van der Waals surface area (Å²) in [5.74, 6) is 1.01. The van der Waals surface area contributed by atoms with Gasteiger partial charge in [-0.25, -0.2) is 9.79 Å². The smallest absolute Gasteiger partial charge is 0.338 e. The fraction of sp³-hybridized carbons (Fsp3) is 0.207. The van der Waals surface area contributed by atoms with E-state index in [0.717, 1.165) is 11.3 Å². The molecule has 0 radical (unpaired) electrons. The van der Waals surface area contributed by atoms with E-state index >= 15 is 0 Å². The summed E-state index contributed by atoms with van der Waals surface area (Å²) < 4.78 is 24.0. The third kappa shape index (κ3) is 5.05. The van der Waals surface area contributed by atoms with Gasteiger partial charge in [0, 0.05) is 23.8 Å². The van der Waals surface area contributed by atoms with Crippen LogP contribution in [0.15, 0.2) is 80.1 Å². The number of nitrogens with zero attached hydrogens (tertiary/aromatic N) is 3. The molecule has 5 rings (SSSR count). The van der Waals surface area contributed by atoms with Crippen LogP contribution in [0.25, 0.3) is 17.4 Å². The van der Waals surface area contributed by atoms with Gasteiger partial charge in [-0.15, -0.1) is 0 Å². The fourth-order valence-electron chi connectivity index (χ4n) is 4.68. The van der Waals surface area contributed by atoms with Gasteiger partial charge in [-0.2, -0.15) is 0 Å². The van der Waals surface area contributed by atoms with Gasteiger partial charge in [-0.3, -0.25) is 19.5 Å². The maximum absolute atomic E-state index is 13.9. The quantitative estimate of drug-likeness (QED) is 0.175. The lowest BCUT2D eigenvalue weighted by Crippen LogP contribution is -2.40. The molecule has 0 aliphatic carbocycles. The molecule has 41 heavy (non-hydrogen) atoms. The molecule has 0 fully saturated rings. The summed E-state index contributed by atoms with van der Waals surface area (Å²) in [7, 11) is 2.98. The number of esters is 1. The number of hydrogen-bond acceptors (Lipinski definition) is 10. The largest absolute Gasteiger partial charge is 0.496 e. The van der Waals surface area contributed by atoms with Gasteiger partial charge in [0.15, 0.2) is 4.80 Å². The Morgan fingerprint density at radius 1 is 1.15 bits per heavy atom. The zero-order valence-corrected chi connectivity index (χ0v) is 23.4. The number of nitro groups is 1. The Bertz CT molecular complexity index is 1880. The number of thiazole rings is 1. The lowest BCUT2D eigenvalue weighted by atomic mass is 9.95. The van der Waals surface area contributed by atoms with Crippen molar-refractivity contribution in [2.24, 2.45) is 4.99 Å². The van der Waals surface area contributed by atoms with Crippen LogP contribution in [0.4, 0.5) is 5.69 Å². The van der Waals surface area contributed by atoms with Crippen molar-refractivity contribution in [3.05, 3.63) is 107 Å². The van der Waals surface area contributed by atoms with Gasteiger partial charge in [0.1, 0.15) is 29.1 Å². The second kappa shape index (κ2) is 11.3. The van der Waals surface area contributed by atoms with E-state index in [9.17, 15) is 19.7 Å². The Labute approximate surface area is 237 Å². The number of carbonyl (C=O) groups excluding carboxylic acids is 1. The molecule has 0 saturated carbocycles. The minimum atomic E-state index is -0.829. The highest BCUT2D eigenvalue weighted by atomic mass is 32.1. The Morgan fingerprint density at radius 2 is 1.90 bits per heavy atom. The standard InChI is InChI=1S/C29H25N3O8S/c1-5-39-28(34)25-16(2)30-29-31(26(25)19-8-6-7-9-21(19)37-3)27(33)24(41-29)15-18-11-13-23(40-18)20-14-17(32(35)36)10-12-22(20)38-4/h6-15,26H,5H2,1-4H3. The van der Waals surface area contributed by atoms with Crippen LogP contribution in [0.3, 0.4) is 0 Å². The molecule has 1 aliphatic heterocycles. The molecule has 0 saturated heterocycles. The van der Waals surface area contributed by atoms with E-state index in [4.69, 9.17) is 18.6 Å². The monoisotopic (exact) mass is 575 g/mol. The number of hydrogen-bond donors (Lipinski definition) is 0. The molecule has 0 N–H and O–H groups in total. The van der Waals surface area contributed by atoms with E-state index in [1.54, 1.807) is 56.3 Å². The van der Waals surface area contributed by atoms with E-state index in [2.05, 4.69) is 4.99 Å². The van der Waals surface area contributed by atoms with Gasteiger partial charge in [-0.05, 0) is 38.1 Å². The number of benzene rings is 2. The first-order valence-electron chi connectivity index (χ1n) is 12.5. The van der Waals surface area contributed by atoms with Crippen LogP contribution in [0, 0.1) is 10.1 Å². The maximum atomic E-state index is 13.9. The topological polar surface area (TPSA) is 135 Å². The Kier molecular flexibility index (Phi) is 7.58. The third-order valence-corrected chi connectivity index (χ3v) is 7.49. The SMILES string of the molecule is CCOC(=O)C1=C(C)N=c2sc(=Cc3ccc(-c4cc([N+](=O)[O-])ccc4OC)o3)c(=O)n2C1c1ccccc1OC. The molecule has 0 bridgehead atoms. The second-order valence-corrected chi connectivity index (χ2v) is 9.90. The Hall–Kier alpha value is -4.97. The van der Waals surface area contributed by atoms with E-state index in [1.165, 1.54) is 37.0 Å². The first-order valence-corrected chi connectivity index (χ1v) is 13.3. The van der Waals surface area contributed by atoms with Crippen molar-refractivity contribution in [3.63, 3.8) is 0 Å². The summed E-state index contributed by atoms with van der Waals surface area (Å²) in [6.45, 7) is 3.58. The average molecular weight is 576 g/mol. The summed E-state index contributed by atoms with van der Waals surface area (Å²) >= 11 is 1.15. The zero-order chi connectivity index (χ0) is 29.3. The first-order chi connectivity index (χ1) is 19.8. The number of ether oxygens (including phenoxy) is 3. The number of para-hydroxylation sites is 1. The van der Waals surface area contributed by atoms with Gasteiger partial charge in [0.05, 0.1) is 47.1 Å². The highest BCUT2D eigenvalue weighted by molar-refractivity contribution is 7.07. The van der Waals surface area contributed by atoms with Gasteiger partial charge < -0.3 is 18.6 Å². The van der Waals surface area contributed by atoms with Gasteiger partial charge in [-0.1, -0.05) is 29.5 Å². The molecule has 2 aromatic carbocycles. The number of rotatable bonds is 8. The molecule has 0 amide bonds. The van der Waals surface area contributed by atoms with Gasteiger partial charge in [0.25, 0.3) is 11.2 Å². The number of nitro benzene ring substituents is 1. The molecule has 11 nitrogen and oxygen atoms in total. The van der Waals surface area contributed by atoms with Crippen LogP contribution in [0.2, 0.25) is 0 Å². The van der Waals surface area contributed by atoms with Crippen LogP contribution in [-0.4, -0.2) is 36.3 Å². The number of aromatic nitrogens is 1. The molecule has 210 valence electrons. The highest BCUT2D eigenvalue weighted by Gasteiger charge is 2.35. The van der Waals surface area contributed by atoms with Gasteiger partial charge >= 0.3 is 5.97 Å². The number of furan rings is 1. The summed E-state index contributed by atoms with van der Waals surface area (Å²) in [6, 6.07) is 13.8. The van der Waals surface area contributed by atoms with E-state index in [1.807, 2.05) is 0 Å². The van der Waals surface area contributed by atoms with Crippen LogP contribution >= 0.6 is 11.3 Å². The van der Waals surface area contributed by atoms with E-state index in [0.29, 0.717) is 49.2 Å². The van der Waals surface area contributed by atoms with Crippen molar-refractivity contribution in [1.82, 2.24) is 4.57 Å². The lowest BCUT2D eigenvalue weighted by Gasteiger charge is -2.25. The number of fused-ring (bicyclic) bond motifs is 1. The number of carbonyl (C=O) groups is 1. The summed E-state index contributed by atoms with van der Waals surface area (Å²) in [5, 5.41) is 11.3. The van der Waals surface area contributed by atoms with Crippen LogP contribution in [0.5, 0.6) is 11.5 Å². The zero-order valence-electron chi connectivity index (χ0n) is 22.6. The molecular weight excluding hydrogens is 550 g/mol. The molecule has 2 aromatic heterocycles. The number of non-ortho nitro benzene ring substituents is 1. The predicted molar refractivity (Wildman–Crippen MR) is 151 cm³/mol. The second-order valence-electron chi connectivity index (χ2n) is 8.89. The predicted octanol–water partition coefficient (Wildman–Crippen LogP) is 3.98. The van der Waals surface area contributed by atoms with Crippen molar-refractivity contribution < 1.29 is 28.3 Å². The maximum Gasteiger partial charge on any atom is 0.338 e. The lowest BCUT2D eigenvalue weighted by molar-refractivity contribution is -0.384. The van der Waals surface area contributed by atoms with Crippen LogP contribution in [0.1, 0.15) is 31.2 Å². The van der Waals surface area contributed by atoms with Crippen LogP contribution in [-0.2, 0) is 9.53 Å². The van der Waals surface area contributed by atoms with Crippen molar-refractivity contribution in [2.75, 3.05) is 20.8 Å². The van der Waals surface area contributed by atoms with Crippen molar-refractivity contribution in [3.8, 4) is 22.8 Å². The molecule has 1 unspecified atom stereocenters. The normalized spacial score (nSPS) is 14.8. The first kappa shape index (κ1) is 27.6. The van der Waals surface area contributed by atoms with Crippen molar-refractivity contribution in [1.29, 1.82) is 0 Å². The number of allylic oxidation sites excluding steroid dienone is 1. The van der Waals surface area contributed by atoms with E-state index in [-0.39, 0.29) is 23.4 Å².